The van der Waals surface area contributed by atoms with Crippen LogP contribution in [0.4, 0.5) is 0 Å². The van der Waals surface area contributed by atoms with Gasteiger partial charge in [-0.05, 0) is 37.7 Å². The topological polar surface area (TPSA) is 63.6 Å². The number of esters is 1. The van der Waals surface area contributed by atoms with Gasteiger partial charge in [0.05, 0.1) is 0 Å². The van der Waals surface area contributed by atoms with Crippen LogP contribution in [-0.2, 0) is 14.3 Å². The van der Waals surface area contributed by atoms with Gasteiger partial charge >= 0.3 is 11.9 Å². The minimum Gasteiger partial charge on any atom is -0.481 e. The number of carbonyl (C=O) groups is 2. The highest BCUT2D eigenvalue weighted by Gasteiger charge is 2.30. The fraction of sp³-hybridized carbons (Fsp3) is 0.667. The molecule has 0 aromatic heterocycles. The molecule has 0 saturated heterocycles. The number of rotatable bonds is 3. The first-order chi connectivity index (χ1) is 7.66. The van der Waals surface area contributed by atoms with Gasteiger partial charge < -0.3 is 9.84 Å². The number of hydrogen-bond acceptors (Lipinski definition) is 3. The van der Waals surface area contributed by atoms with Gasteiger partial charge in [-0.15, -0.1) is 0 Å². The first-order valence-electron chi connectivity index (χ1n) is 5.81. The van der Waals surface area contributed by atoms with Crippen LogP contribution in [0.15, 0.2) is 11.3 Å². The molecule has 1 atom stereocenters. The van der Waals surface area contributed by atoms with Crippen LogP contribution in [0.5, 0.6) is 0 Å². The molecule has 0 aromatic carbocycles. The van der Waals surface area contributed by atoms with E-state index in [0.29, 0.717) is 12.8 Å². The molecule has 2 aliphatic rings. The molecule has 16 heavy (non-hydrogen) atoms. The monoisotopic (exact) mass is 224 g/mol. The van der Waals surface area contributed by atoms with Crippen molar-refractivity contribution in [1.82, 2.24) is 0 Å². The zero-order valence-corrected chi connectivity index (χ0v) is 9.20. The highest BCUT2D eigenvalue weighted by atomic mass is 16.5. The van der Waals surface area contributed by atoms with Crippen molar-refractivity contribution in [3.8, 4) is 0 Å². The molecule has 4 nitrogen and oxygen atoms in total. The number of hydrogen-bond donors (Lipinski definition) is 1. The minimum absolute atomic E-state index is 0.143. The summed E-state index contributed by atoms with van der Waals surface area (Å²) in [4.78, 5) is 21.8. The Morgan fingerprint density at radius 1 is 1.38 bits per heavy atom. The van der Waals surface area contributed by atoms with E-state index in [9.17, 15) is 9.59 Å². The van der Waals surface area contributed by atoms with Crippen LogP contribution in [0, 0.1) is 5.92 Å². The molecule has 88 valence electrons. The van der Waals surface area contributed by atoms with Crippen molar-refractivity contribution in [2.75, 3.05) is 0 Å². The zero-order chi connectivity index (χ0) is 11.5. The van der Waals surface area contributed by atoms with Crippen molar-refractivity contribution in [2.45, 2.75) is 44.9 Å². The average Bonchev–Trinajstić information content (AvgIpc) is 2.26. The van der Waals surface area contributed by atoms with Crippen molar-refractivity contribution < 1.29 is 19.4 Å². The van der Waals surface area contributed by atoms with Crippen LogP contribution in [0.25, 0.3) is 0 Å². The van der Waals surface area contributed by atoms with Crippen LogP contribution >= 0.6 is 0 Å². The predicted octanol–water partition coefficient (Wildman–Crippen LogP) is 2.24. The van der Waals surface area contributed by atoms with Crippen molar-refractivity contribution >= 4 is 11.9 Å². The van der Waals surface area contributed by atoms with Crippen molar-refractivity contribution in [1.29, 1.82) is 0 Å². The summed E-state index contributed by atoms with van der Waals surface area (Å²) in [6, 6.07) is 0. The van der Waals surface area contributed by atoms with Gasteiger partial charge in [0.1, 0.15) is 5.76 Å². The van der Waals surface area contributed by atoms with E-state index in [0.717, 1.165) is 31.4 Å². The van der Waals surface area contributed by atoms with E-state index in [-0.39, 0.29) is 18.3 Å². The molecule has 2 rings (SSSR count). The summed E-state index contributed by atoms with van der Waals surface area (Å²) in [5, 5.41) is 8.67. The SMILES string of the molecule is O=C(O)CCC1CCCC2=C1OC(=O)CC2. The molecule has 0 saturated carbocycles. The Labute approximate surface area is 94.3 Å². The lowest BCUT2D eigenvalue weighted by molar-refractivity contribution is -0.142. The first-order valence-corrected chi connectivity index (χ1v) is 5.81. The summed E-state index contributed by atoms with van der Waals surface area (Å²) in [5.41, 5.74) is 1.24. The van der Waals surface area contributed by atoms with E-state index >= 15 is 0 Å². The summed E-state index contributed by atoms with van der Waals surface area (Å²) < 4.78 is 5.28. The van der Waals surface area contributed by atoms with Crippen LogP contribution in [0.3, 0.4) is 0 Å². The third kappa shape index (κ3) is 2.43. The Morgan fingerprint density at radius 2 is 2.19 bits per heavy atom. The molecule has 0 spiro atoms. The summed E-state index contributed by atoms with van der Waals surface area (Å²) in [7, 11) is 0. The van der Waals surface area contributed by atoms with E-state index in [1.807, 2.05) is 0 Å². The third-order valence-corrected chi connectivity index (χ3v) is 3.31. The molecule has 0 amide bonds. The first kappa shape index (κ1) is 11.2. The molecule has 1 N–H and O–H groups in total. The summed E-state index contributed by atoms with van der Waals surface area (Å²) >= 11 is 0. The fourth-order valence-corrected chi connectivity index (χ4v) is 2.51. The summed E-state index contributed by atoms with van der Waals surface area (Å²) in [5.74, 6) is -0.0105. The maximum absolute atomic E-state index is 11.2. The Morgan fingerprint density at radius 3 is 2.94 bits per heavy atom. The highest BCUT2D eigenvalue weighted by Crippen LogP contribution is 2.38. The van der Waals surface area contributed by atoms with Gasteiger partial charge in [-0.3, -0.25) is 9.59 Å². The molecule has 1 unspecified atom stereocenters. The molecule has 0 aromatic rings. The van der Waals surface area contributed by atoms with E-state index in [2.05, 4.69) is 0 Å². The van der Waals surface area contributed by atoms with E-state index < -0.39 is 5.97 Å². The Hall–Kier alpha value is -1.32. The smallest absolute Gasteiger partial charge is 0.311 e. The maximum Gasteiger partial charge on any atom is 0.311 e. The number of ether oxygens (including phenoxy) is 1. The second-order valence-corrected chi connectivity index (χ2v) is 4.46. The third-order valence-electron chi connectivity index (χ3n) is 3.31. The molecule has 4 heteroatoms. The van der Waals surface area contributed by atoms with Crippen LogP contribution in [-0.4, -0.2) is 17.0 Å². The Balaban J connectivity index is 2.07. The molecule has 0 fully saturated rings. The lowest BCUT2D eigenvalue weighted by Crippen LogP contribution is -2.23. The van der Waals surface area contributed by atoms with E-state index in [1.165, 1.54) is 5.57 Å². The summed E-state index contributed by atoms with van der Waals surface area (Å²) in [6.07, 6.45) is 5.05. The molecule has 0 bridgehead atoms. The van der Waals surface area contributed by atoms with Gasteiger partial charge in [0.2, 0.25) is 0 Å². The van der Waals surface area contributed by atoms with Crippen LogP contribution in [0.2, 0.25) is 0 Å². The second kappa shape index (κ2) is 4.68. The quantitative estimate of drug-likeness (QED) is 0.747. The van der Waals surface area contributed by atoms with Crippen molar-refractivity contribution in [3.63, 3.8) is 0 Å². The second-order valence-electron chi connectivity index (χ2n) is 4.46. The lowest BCUT2D eigenvalue weighted by Gasteiger charge is -2.30. The number of aliphatic carboxylic acids is 1. The number of allylic oxidation sites excluding steroid dienone is 2. The van der Waals surface area contributed by atoms with Gasteiger partial charge in [0.15, 0.2) is 0 Å². The van der Waals surface area contributed by atoms with Gasteiger partial charge in [-0.25, -0.2) is 0 Å². The van der Waals surface area contributed by atoms with E-state index in [1.54, 1.807) is 0 Å². The van der Waals surface area contributed by atoms with Gasteiger partial charge in [0.25, 0.3) is 0 Å². The molecule has 1 aliphatic heterocycles. The maximum atomic E-state index is 11.2. The van der Waals surface area contributed by atoms with Gasteiger partial charge in [-0.2, -0.15) is 0 Å². The van der Waals surface area contributed by atoms with E-state index in [4.69, 9.17) is 9.84 Å². The molecular formula is C12H16O4. The normalized spacial score (nSPS) is 25.0. The standard InChI is InChI=1S/C12H16O4/c13-10(14)6-4-8-2-1-3-9-5-7-11(15)16-12(8)9/h8H,1-7H2,(H,13,14). The molecule has 1 aliphatic carbocycles. The number of carbonyl (C=O) groups excluding carboxylic acids is 1. The number of carboxylic acids is 1. The Kier molecular flexibility index (Phi) is 3.27. The van der Waals surface area contributed by atoms with Crippen LogP contribution < -0.4 is 0 Å². The number of carboxylic acid groups (broad SMARTS) is 1. The van der Waals surface area contributed by atoms with Gasteiger partial charge in [-0.1, -0.05) is 0 Å². The molecule has 1 heterocycles. The molecule has 0 radical (unpaired) electrons. The summed E-state index contributed by atoms with van der Waals surface area (Å²) in [6.45, 7) is 0. The van der Waals surface area contributed by atoms with Gasteiger partial charge in [0, 0.05) is 18.8 Å². The highest BCUT2D eigenvalue weighted by molar-refractivity contribution is 5.72. The molecular weight excluding hydrogens is 208 g/mol. The Bertz CT molecular complexity index is 343. The predicted molar refractivity (Wildman–Crippen MR) is 56.6 cm³/mol. The minimum atomic E-state index is -0.783. The van der Waals surface area contributed by atoms with Crippen LogP contribution in [0.1, 0.15) is 44.9 Å². The van der Waals surface area contributed by atoms with Crippen molar-refractivity contribution in [3.05, 3.63) is 11.3 Å². The largest absolute Gasteiger partial charge is 0.481 e. The van der Waals surface area contributed by atoms with Crippen molar-refractivity contribution in [2.24, 2.45) is 5.92 Å². The lowest BCUT2D eigenvalue weighted by atomic mass is 9.83. The average molecular weight is 224 g/mol. The zero-order valence-electron chi connectivity index (χ0n) is 9.20. The fourth-order valence-electron chi connectivity index (χ4n) is 2.51.